The summed E-state index contributed by atoms with van der Waals surface area (Å²) in [6, 6.07) is 19.9. The van der Waals surface area contributed by atoms with Crippen LogP contribution in [0.1, 0.15) is 72.0 Å². The Morgan fingerprint density at radius 1 is 1.03 bits per heavy atom. The first-order chi connectivity index (χ1) is 15.1. The van der Waals surface area contributed by atoms with Crippen LogP contribution in [0.3, 0.4) is 0 Å². The molecule has 3 heterocycles. The van der Waals surface area contributed by atoms with Crippen molar-refractivity contribution in [2.45, 2.75) is 64.2 Å². The fraction of sp³-hybridized carbons (Fsp3) is 0.385. The molecule has 2 aliphatic rings. The molecule has 1 aromatic carbocycles. The van der Waals surface area contributed by atoms with Gasteiger partial charge in [-0.1, -0.05) is 49.2 Å². The Balaban J connectivity index is 1.58. The molecule has 5 rings (SSSR count). The largest absolute Gasteiger partial charge is 0.352 e. The first kappa shape index (κ1) is 20.3. The monoisotopic (exact) mass is 430 g/mol. The Morgan fingerprint density at radius 3 is 2.48 bits per heavy atom. The van der Waals surface area contributed by atoms with Gasteiger partial charge in [-0.3, -0.25) is 4.98 Å². The number of aryl methyl sites for hydroxylation is 1. The Labute approximate surface area is 190 Å². The molecule has 0 amide bonds. The second-order valence-corrected chi connectivity index (χ2v) is 9.26. The van der Waals surface area contributed by atoms with Crippen LogP contribution in [0.25, 0.3) is 0 Å². The molecular weight excluding hydrogens is 400 g/mol. The summed E-state index contributed by atoms with van der Waals surface area (Å²) in [6.45, 7) is 5.33. The van der Waals surface area contributed by atoms with Crippen LogP contribution in [0.15, 0.2) is 60.8 Å². The molecule has 2 aromatic heterocycles. The van der Waals surface area contributed by atoms with E-state index in [2.05, 4.69) is 77.2 Å². The lowest BCUT2D eigenvalue weighted by molar-refractivity contribution is 0.309. The predicted octanol–water partition coefficient (Wildman–Crippen LogP) is 5.79. The molecule has 4 nitrogen and oxygen atoms in total. The van der Waals surface area contributed by atoms with Crippen molar-refractivity contribution in [3.8, 4) is 0 Å². The summed E-state index contributed by atoms with van der Waals surface area (Å²) in [5, 5.41) is 4.40. The van der Waals surface area contributed by atoms with E-state index >= 15 is 0 Å². The highest BCUT2D eigenvalue weighted by molar-refractivity contribution is 7.80. The molecule has 1 saturated heterocycles. The molecule has 2 fully saturated rings. The van der Waals surface area contributed by atoms with E-state index in [4.69, 9.17) is 17.2 Å². The Hall–Kier alpha value is -2.66. The van der Waals surface area contributed by atoms with E-state index in [1.165, 1.54) is 48.2 Å². The highest BCUT2D eigenvalue weighted by atomic mass is 32.1. The Morgan fingerprint density at radius 2 is 1.77 bits per heavy atom. The Kier molecular flexibility index (Phi) is 5.53. The second-order valence-electron chi connectivity index (χ2n) is 8.87. The topological polar surface area (TPSA) is 33.1 Å². The van der Waals surface area contributed by atoms with Gasteiger partial charge in [0.05, 0.1) is 17.8 Å². The maximum atomic E-state index is 5.86. The minimum Gasteiger partial charge on any atom is -0.352 e. The van der Waals surface area contributed by atoms with Crippen molar-refractivity contribution < 1.29 is 0 Å². The summed E-state index contributed by atoms with van der Waals surface area (Å²) in [4.78, 5) is 7.05. The maximum Gasteiger partial charge on any atom is 0.170 e. The van der Waals surface area contributed by atoms with Crippen LogP contribution in [-0.4, -0.2) is 19.6 Å². The molecule has 2 atom stereocenters. The van der Waals surface area contributed by atoms with Crippen molar-refractivity contribution in [2.75, 3.05) is 0 Å². The van der Waals surface area contributed by atoms with Crippen molar-refractivity contribution in [3.63, 3.8) is 0 Å². The van der Waals surface area contributed by atoms with Crippen LogP contribution in [-0.2, 0) is 6.54 Å². The van der Waals surface area contributed by atoms with Crippen LogP contribution in [0.2, 0.25) is 0 Å². The average molecular weight is 431 g/mol. The van der Waals surface area contributed by atoms with Gasteiger partial charge in [-0.15, -0.1) is 0 Å². The summed E-state index contributed by atoms with van der Waals surface area (Å²) < 4.78 is 2.58. The second kappa shape index (κ2) is 8.46. The normalized spacial score (nSPS) is 21.6. The minimum atomic E-state index is 0.0370. The van der Waals surface area contributed by atoms with Gasteiger partial charge in [0, 0.05) is 30.2 Å². The van der Waals surface area contributed by atoms with Crippen molar-refractivity contribution in [3.05, 3.63) is 89.0 Å². The SMILES string of the molecule is Cc1cc([C@H]2[C@H](c3ccccn3)NC(=S)N2Cc2ccccc2)c(C)n1C1CCCC1. The fourth-order valence-electron chi connectivity index (χ4n) is 5.52. The molecule has 1 aliphatic carbocycles. The highest BCUT2D eigenvalue weighted by Gasteiger charge is 2.41. The van der Waals surface area contributed by atoms with Crippen molar-refractivity contribution in [2.24, 2.45) is 0 Å². The summed E-state index contributed by atoms with van der Waals surface area (Å²) in [5.41, 5.74) is 6.40. The summed E-state index contributed by atoms with van der Waals surface area (Å²) in [7, 11) is 0. The van der Waals surface area contributed by atoms with E-state index in [-0.39, 0.29) is 12.1 Å². The molecule has 0 unspecified atom stereocenters. The van der Waals surface area contributed by atoms with Gasteiger partial charge in [-0.25, -0.2) is 0 Å². The van der Waals surface area contributed by atoms with E-state index in [0.717, 1.165) is 17.4 Å². The molecule has 160 valence electrons. The quantitative estimate of drug-likeness (QED) is 0.520. The Bertz CT molecular complexity index is 1050. The molecule has 1 aliphatic heterocycles. The number of nitrogens with zero attached hydrogens (tertiary/aromatic N) is 3. The highest BCUT2D eigenvalue weighted by Crippen LogP contribution is 2.43. The zero-order valence-electron chi connectivity index (χ0n) is 18.3. The van der Waals surface area contributed by atoms with Crippen molar-refractivity contribution >= 4 is 17.3 Å². The lowest BCUT2D eigenvalue weighted by Gasteiger charge is -2.28. The number of thiocarbonyl (C=S) groups is 1. The van der Waals surface area contributed by atoms with Gasteiger partial charge in [0.25, 0.3) is 0 Å². The summed E-state index contributed by atoms with van der Waals surface area (Å²) in [6.07, 6.45) is 7.12. The van der Waals surface area contributed by atoms with Gasteiger partial charge in [0.15, 0.2) is 5.11 Å². The van der Waals surface area contributed by atoms with E-state index in [9.17, 15) is 0 Å². The molecule has 1 saturated carbocycles. The van der Waals surface area contributed by atoms with Gasteiger partial charge in [0.2, 0.25) is 0 Å². The first-order valence-electron chi connectivity index (χ1n) is 11.3. The van der Waals surface area contributed by atoms with Gasteiger partial charge in [-0.05, 0) is 68.2 Å². The lowest BCUT2D eigenvalue weighted by Crippen LogP contribution is -2.29. The molecule has 0 spiro atoms. The zero-order valence-corrected chi connectivity index (χ0v) is 19.1. The van der Waals surface area contributed by atoms with Crippen molar-refractivity contribution in [1.82, 2.24) is 19.8 Å². The van der Waals surface area contributed by atoms with Gasteiger partial charge >= 0.3 is 0 Å². The smallest absolute Gasteiger partial charge is 0.170 e. The molecule has 1 N–H and O–H groups in total. The van der Waals surface area contributed by atoms with E-state index in [1.54, 1.807) is 0 Å². The molecule has 3 aromatic rings. The van der Waals surface area contributed by atoms with E-state index < -0.39 is 0 Å². The number of pyridine rings is 1. The minimum absolute atomic E-state index is 0.0370. The molecule has 0 bridgehead atoms. The van der Waals surface area contributed by atoms with Gasteiger partial charge in [-0.2, -0.15) is 0 Å². The van der Waals surface area contributed by atoms with Gasteiger partial charge in [0.1, 0.15) is 0 Å². The number of rotatable bonds is 5. The third-order valence-electron chi connectivity index (χ3n) is 6.93. The number of hydrogen-bond acceptors (Lipinski definition) is 2. The first-order valence-corrected chi connectivity index (χ1v) is 11.7. The van der Waals surface area contributed by atoms with Crippen LogP contribution < -0.4 is 5.32 Å². The lowest BCUT2D eigenvalue weighted by atomic mass is 9.96. The maximum absolute atomic E-state index is 5.86. The summed E-state index contributed by atoms with van der Waals surface area (Å²) in [5.74, 6) is 0. The van der Waals surface area contributed by atoms with Crippen LogP contribution in [0.4, 0.5) is 0 Å². The molecule has 5 heteroatoms. The third-order valence-corrected chi connectivity index (χ3v) is 7.28. The van der Waals surface area contributed by atoms with Crippen LogP contribution in [0, 0.1) is 13.8 Å². The standard InChI is InChI=1S/C26H30N4S/c1-18-16-22(19(2)30(18)21-12-6-7-13-21)25-24(23-14-8-9-15-27-23)28-26(31)29(25)17-20-10-4-3-5-11-20/h3-5,8-11,14-16,21,24-25H,6-7,12-13,17H2,1-2H3,(H,28,31)/t24-,25-/m0/s1. The van der Waals surface area contributed by atoms with Crippen molar-refractivity contribution in [1.29, 1.82) is 0 Å². The number of benzene rings is 1. The third kappa shape index (κ3) is 3.76. The predicted molar refractivity (Wildman–Crippen MR) is 129 cm³/mol. The number of nitrogens with one attached hydrogen (secondary N) is 1. The number of hydrogen-bond donors (Lipinski definition) is 1. The molecular formula is C26H30N4S. The zero-order chi connectivity index (χ0) is 21.4. The van der Waals surface area contributed by atoms with Crippen LogP contribution >= 0.6 is 12.2 Å². The van der Waals surface area contributed by atoms with E-state index in [0.29, 0.717) is 6.04 Å². The molecule has 0 radical (unpaired) electrons. The number of aromatic nitrogens is 2. The molecule has 31 heavy (non-hydrogen) atoms. The van der Waals surface area contributed by atoms with Gasteiger partial charge < -0.3 is 14.8 Å². The fourth-order valence-corrected chi connectivity index (χ4v) is 5.83. The average Bonchev–Trinajstić information content (AvgIpc) is 3.49. The van der Waals surface area contributed by atoms with Crippen LogP contribution in [0.5, 0.6) is 0 Å². The van der Waals surface area contributed by atoms with E-state index in [1.807, 2.05) is 12.3 Å². The summed E-state index contributed by atoms with van der Waals surface area (Å²) >= 11 is 5.86.